The van der Waals surface area contributed by atoms with Crippen molar-refractivity contribution in [3.05, 3.63) is 30.2 Å². The lowest BCUT2D eigenvalue weighted by Gasteiger charge is -2.17. The number of rotatable bonds is 2. The SMILES string of the molecule is COc1cc2ncncc2c2c1C=CCN(OC)S2. The van der Waals surface area contributed by atoms with E-state index in [9.17, 15) is 0 Å². The topological polar surface area (TPSA) is 47.5 Å². The van der Waals surface area contributed by atoms with Gasteiger partial charge >= 0.3 is 0 Å². The first-order valence-electron chi connectivity index (χ1n) is 5.80. The van der Waals surface area contributed by atoms with Gasteiger partial charge in [-0.2, -0.15) is 0 Å². The number of nitrogens with zero attached hydrogens (tertiary/aromatic N) is 3. The van der Waals surface area contributed by atoms with Gasteiger partial charge in [-0.3, -0.25) is 4.84 Å². The standard InChI is InChI=1S/C13H13N3O2S/c1-17-12-6-11-10(7-14-8-15-11)13-9(12)4-3-5-16(18-2)19-13/h3-4,6-8H,5H2,1-2H3. The van der Waals surface area contributed by atoms with Crippen molar-refractivity contribution in [2.75, 3.05) is 20.8 Å². The number of methoxy groups -OCH3 is 1. The van der Waals surface area contributed by atoms with E-state index in [1.807, 2.05) is 24.4 Å². The van der Waals surface area contributed by atoms with Gasteiger partial charge in [-0.15, -0.1) is 4.47 Å². The Hall–Kier alpha value is -1.63. The summed E-state index contributed by atoms with van der Waals surface area (Å²) in [5.41, 5.74) is 1.90. The fourth-order valence-electron chi connectivity index (χ4n) is 2.02. The fourth-order valence-corrected chi connectivity index (χ4v) is 2.98. The van der Waals surface area contributed by atoms with Crippen molar-refractivity contribution in [2.45, 2.75) is 4.90 Å². The smallest absolute Gasteiger partial charge is 0.129 e. The number of benzene rings is 1. The third-order valence-corrected chi connectivity index (χ3v) is 4.05. The largest absolute Gasteiger partial charge is 0.496 e. The van der Waals surface area contributed by atoms with Gasteiger partial charge in [0.25, 0.3) is 0 Å². The molecule has 5 nitrogen and oxygen atoms in total. The molecule has 0 radical (unpaired) electrons. The second-order valence-corrected chi connectivity index (χ2v) is 4.97. The fraction of sp³-hybridized carbons (Fsp3) is 0.231. The summed E-state index contributed by atoms with van der Waals surface area (Å²) < 4.78 is 7.26. The molecule has 0 aliphatic carbocycles. The summed E-state index contributed by atoms with van der Waals surface area (Å²) in [6, 6.07) is 1.93. The summed E-state index contributed by atoms with van der Waals surface area (Å²) in [4.78, 5) is 14.8. The van der Waals surface area contributed by atoms with Crippen molar-refractivity contribution in [3.8, 4) is 5.75 Å². The lowest BCUT2D eigenvalue weighted by atomic mass is 10.1. The predicted molar refractivity (Wildman–Crippen MR) is 74.7 cm³/mol. The first-order valence-corrected chi connectivity index (χ1v) is 6.57. The van der Waals surface area contributed by atoms with Crippen LogP contribution in [0.1, 0.15) is 5.56 Å². The minimum atomic E-state index is 0.703. The van der Waals surface area contributed by atoms with Gasteiger partial charge in [0, 0.05) is 28.1 Å². The number of ether oxygens (including phenoxy) is 1. The van der Waals surface area contributed by atoms with Crippen molar-refractivity contribution >= 4 is 28.9 Å². The van der Waals surface area contributed by atoms with Crippen molar-refractivity contribution in [3.63, 3.8) is 0 Å². The molecule has 0 atom stereocenters. The van der Waals surface area contributed by atoms with E-state index in [-0.39, 0.29) is 0 Å². The van der Waals surface area contributed by atoms with Crippen LogP contribution < -0.4 is 4.74 Å². The van der Waals surface area contributed by atoms with Gasteiger partial charge in [-0.1, -0.05) is 12.2 Å². The maximum Gasteiger partial charge on any atom is 0.129 e. The number of fused-ring (bicyclic) bond motifs is 3. The molecule has 98 valence electrons. The van der Waals surface area contributed by atoms with Gasteiger partial charge in [0.15, 0.2) is 0 Å². The second kappa shape index (κ2) is 5.16. The number of hydrogen-bond donors (Lipinski definition) is 0. The van der Waals surface area contributed by atoms with E-state index in [4.69, 9.17) is 9.57 Å². The Morgan fingerprint density at radius 1 is 1.37 bits per heavy atom. The zero-order chi connectivity index (χ0) is 13.2. The van der Waals surface area contributed by atoms with E-state index >= 15 is 0 Å². The van der Waals surface area contributed by atoms with Crippen LogP contribution in [0.15, 0.2) is 29.6 Å². The summed E-state index contributed by atoms with van der Waals surface area (Å²) in [5.74, 6) is 0.808. The Morgan fingerprint density at radius 3 is 3.05 bits per heavy atom. The zero-order valence-electron chi connectivity index (χ0n) is 10.7. The van der Waals surface area contributed by atoms with Crippen LogP contribution in [0.4, 0.5) is 0 Å². The Kier molecular flexibility index (Phi) is 3.37. The Labute approximate surface area is 115 Å². The van der Waals surface area contributed by atoms with Crippen LogP contribution in [-0.4, -0.2) is 35.2 Å². The van der Waals surface area contributed by atoms with Crippen LogP contribution in [0.25, 0.3) is 17.0 Å². The molecule has 1 aromatic heterocycles. The molecule has 0 amide bonds. The van der Waals surface area contributed by atoms with Crippen LogP contribution in [0.2, 0.25) is 0 Å². The molecule has 3 rings (SSSR count). The molecule has 0 bridgehead atoms. The van der Waals surface area contributed by atoms with Gasteiger partial charge in [-0.05, 0) is 11.9 Å². The summed E-state index contributed by atoms with van der Waals surface area (Å²) in [7, 11) is 3.32. The predicted octanol–water partition coefficient (Wildman–Crippen LogP) is 2.54. The van der Waals surface area contributed by atoms with Crippen molar-refractivity contribution < 1.29 is 9.57 Å². The Morgan fingerprint density at radius 2 is 2.26 bits per heavy atom. The van der Waals surface area contributed by atoms with Crippen molar-refractivity contribution in [1.29, 1.82) is 0 Å². The van der Waals surface area contributed by atoms with Crippen LogP contribution in [0.3, 0.4) is 0 Å². The summed E-state index contributed by atoms with van der Waals surface area (Å²) >= 11 is 1.53. The van der Waals surface area contributed by atoms with E-state index in [2.05, 4.69) is 9.97 Å². The molecule has 2 aromatic rings. The highest BCUT2D eigenvalue weighted by atomic mass is 32.2. The minimum Gasteiger partial charge on any atom is -0.496 e. The first kappa shape index (κ1) is 12.4. The van der Waals surface area contributed by atoms with Crippen LogP contribution >= 0.6 is 11.9 Å². The Bertz CT molecular complexity index is 645. The van der Waals surface area contributed by atoms with Gasteiger partial charge < -0.3 is 4.74 Å². The first-order chi connectivity index (χ1) is 9.33. The molecular formula is C13H13N3O2S. The average Bonchev–Trinajstić information content (AvgIpc) is 2.68. The highest BCUT2D eigenvalue weighted by Gasteiger charge is 2.19. The number of hydrogen-bond acceptors (Lipinski definition) is 6. The number of aromatic nitrogens is 2. The normalized spacial score (nSPS) is 15.3. The van der Waals surface area contributed by atoms with Crippen molar-refractivity contribution in [1.82, 2.24) is 14.4 Å². The molecule has 1 aliphatic heterocycles. The molecule has 1 aliphatic rings. The molecule has 0 spiro atoms. The molecule has 19 heavy (non-hydrogen) atoms. The highest BCUT2D eigenvalue weighted by molar-refractivity contribution is 7.97. The van der Waals surface area contributed by atoms with Crippen LogP contribution in [0, 0.1) is 0 Å². The zero-order valence-corrected chi connectivity index (χ0v) is 11.5. The molecule has 6 heteroatoms. The second-order valence-electron chi connectivity index (χ2n) is 3.97. The van der Waals surface area contributed by atoms with Gasteiger partial charge in [0.1, 0.15) is 12.1 Å². The Balaban J connectivity index is 2.28. The monoisotopic (exact) mass is 275 g/mol. The molecule has 0 saturated heterocycles. The van der Waals surface area contributed by atoms with Gasteiger partial charge in [0.05, 0.1) is 26.3 Å². The highest BCUT2D eigenvalue weighted by Crippen LogP contribution is 2.40. The van der Waals surface area contributed by atoms with E-state index in [1.165, 1.54) is 11.9 Å². The lowest BCUT2D eigenvalue weighted by molar-refractivity contribution is -0.0276. The van der Waals surface area contributed by atoms with E-state index in [1.54, 1.807) is 25.0 Å². The maximum absolute atomic E-state index is 5.46. The third kappa shape index (κ3) is 2.18. The number of hydroxylamine groups is 1. The maximum atomic E-state index is 5.46. The molecule has 2 heterocycles. The van der Waals surface area contributed by atoms with Crippen LogP contribution in [0.5, 0.6) is 5.75 Å². The van der Waals surface area contributed by atoms with E-state index in [0.717, 1.165) is 27.1 Å². The molecule has 0 unspecified atom stereocenters. The summed E-state index contributed by atoms with van der Waals surface area (Å²) in [5, 5.41) is 0.997. The van der Waals surface area contributed by atoms with Crippen molar-refractivity contribution in [2.24, 2.45) is 0 Å². The molecule has 0 N–H and O–H groups in total. The average molecular weight is 275 g/mol. The van der Waals surface area contributed by atoms with Gasteiger partial charge in [-0.25, -0.2) is 9.97 Å². The van der Waals surface area contributed by atoms with Gasteiger partial charge in [0.2, 0.25) is 0 Å². The minimum absolute atomic E-state index is 0.703. The third-order valence-electron chi connectivity index (χ3n) is 2.92. The lowest BCUT2D eigenvalue weighted by Crippen LogP contribution is -2.12. The van der Waals surface area contributed by atoms with E-state index < -0.39 is 0 Å². The molecule has 1 aromatic carbocycles. The molecule has 0 fully saturated rings. The van der Waals surface area contributed by atoms with Crippen LogP contribution in [-0.2, 0) is 4.84 Å². The summed E-state index contributed by atoms with van der Waals surface area (Å²) in [6.45, 7) is 0.703. The molecule has 0 saturated carbocycles. The summed E-state index contributed by atoms with van der Waals surface area (Å²) in [6.07, 6.45) is 7.45. The van der Waals surface area contributed by atoms with E-state index in [0.29, 0.717) is 6.54 Å². The molecular weight excluding hydrogens is 262 g/mol. The quantitative estimate of drug-likeness (QED) is 0.785.